The van der Waals surface area contributed by atoms with E-state index >= 15 is 0 Å². The van der Waals surface area contributed by atoms with Crippen molar-refractivity contribution in [2.75, 3.05) is 5.73 Å². The van der Waals surface area contributed by atoms with Gasteiger partial charge in [-0.05, 0) is 36.6 Å². The first-order valence-corrected chi connectivity index (χ1v) is 6.03. The fourth-order valence-corrected chi connectivity index (χ4v) is 1.81. The Labute approximate surface area is 111 Å². The molecule has 0 saturated carbocycles. The van der Waals surface area contributed by atoms with E-state index in [2.05, 4.69) is 9.97 Å². The van der Waals surface area contributed by atoms with E-state index in [1.807, 2.05) is 13.8 Å². The van der Waals surface area contributed by atoms with Gasteiger partial charge in [0.25, 0.3) is 0 Å². The Morgan fingerprint density at radius 3 is 2.63 bits per heavy atom. The van der Waals surface area contributed by atoms with Crippen LogP contribution < -0.4 is 10.5 Å². The van der Waals surface area contributed by atoms with Crippen LogP contribution in [0.4, 0.5) is 10.2 Å². The summed E-state index contributed by atoms with van der Waals surface area (Å²) in [4.78, 5) is 8.06. The van der Waals surface area contributed by atoms with Crippen LogP contribution in [0.1, 0.15) is 30.9 Å². The van der Waals surface area contributed by atoms with Gasteiger partial charge in [0.15, 0.2) is 0 Å². The quantitative estimate of drug-likeness (QED) is 0.919. The minimum absolute atomic E-state index is 0.137. The summed E-state index contributed by atoms with van der Waals surface area (Å²) in [5, 5.41) is 0. The molecule has 0 aliphatic rings. The van der Waals surface area contributed by atoms with Gasteiger partial charge in [-0.15, -0.1) is 0 Å². The van der Waals surface area contributed by atoms with Crippen molar-refractivity contribution in [2.24, 2.45) is 0 Å². The van der Waals surface area contributed by atoms with Crippen LogP contribution in [0.25, 0.3) is 0 Å². The molecule has 2 rings (SSSR count). The molecular weight excluding hydrogens is 245 g/mol. The number of hydrogen-bond donors (Lipinski definition) is 1. The highest BCUT2D eigenvalue weighted by molar-refractivity contribution is 5.48. The molecular formula is C14H16FN3O. The van der Waals surface area contributed by atoms with Crippen LogP contribution in [0, 0.1) is 12.7 Å². The average Bonchev–Trinajstić information content (AvgIpc) is 2.33. The summed E-state index contributed by atoms with van der Waals surface area (Å²) in [5.41, 5.74) is 7.11. The first-order chi connectivity index (χ1) is 8.99. The van der Waals surface area contributed by atoms with Crippen molar-refractivity contribution in [3.8, 4) is 11.6 Å². The van der Waals surface area contributed by atoms with Crippen LogP contribution in [-0.4, -0.2) is 9.97 Å². The Kier molecular flexibility index (Phi) is 3.64. The highest BCUT2D eigenvalue weighted by Gasteiger charge is 2.15. The fraction of sp³-hybridized carbons (Fsp3) is 0.286. The van der Waals surface area contributed by atoms with Gasteiger partial charge in [0.05, 0.1) is 5.56 Å². The molecule has 5 heteroatoms. The van der Waals surface area contributed by atoms with Crippen molar-refractivity contribution >= 4 is 5.82 Å². The summed E-state index contributed by atoms with van der Waals surface area (Å²) in [6.07, 6.45) is 1.35. The van der Waals surface area contributed by atoms with E-state index in [4.69, 9.17) is 10.5 Å². The summed E-state index contributed by atoms with van der Waals surface area (Å²) < 4.78 is 18.9. The molecule has 0 radical (unpaired) electrons. The Morgan fingerprint density at radius 2 is 2.00 bits per heavy atom. The molecule has 1 aromatic carbocycles. The van der Waals surface area contributed by atoms with Gasteiger partial charge in [0.2, 0.25) is 5.88 Å². The Bertz CT molecular complexity index is 599. The molecule has 0 bridgehead atoms. The number of nitrogen functional groups attached to an aromatic ring is 1. The maximum Gasteiger partial charge on any atom is 0.227 e. The van der Waals surface area contributed by atoms with Crippen LogP contribution in [-0.2, 0) is 0 Å². The Balaban J connectivity index is 2.38. The number of nitrogens with zero attached hydrogens (tertiary/aromatic N) is 2. The molecule has 0 unspecified atom stereocenters. The molecule has 1 aromatic heterocycles. The van der Waals surface area contributed by atoms with Gasteiger partial charge in [0, 0.05) is 0 Å². The first-order valence-electron chi connectivity index (χ1n) is 6.03. The molecule has 0 fully saturated rings. The van der Waals surface area contributed by atoms with Gasteiger partial charge in [-0.1, -0.05) is 13.8 Å². The zero-order valence-corrected chi connectivity index (χ0v) is 11.1. The summed E-state index contributed by atoms with van der Waals surface area (Å²) in [6.45, 7) is 5.65. The van der Waals surface area contributed by atoms with E-state index < -0.39 is 0 Å². The van der Waals surface area contributed by atoms with Gasteiger partial charge < -0.3 is 10.5 Å². The summed E-state index contributed by atoms with van der Waals surface area (Å²) in [7, 11) is 0. The number of benzene rings is 1. The molecule has 0 spiro atoms. The van der Waals surface area contributed by atoms with Crippen LogP contribution >= 0.6 is 0 Å². The lowest BCUT2D eigenvalue weighted by atomic mass is 10.1. The van der Waals surface area contributed by atoms with E-state index in [9.17, 15) is 4.39 Å². The van der Waals surface area contributed by atoms with Crippen molar-refractivity contribution < 1.29 is 9.13 Å². The first kappa shape index (κ1) is 13.3. The second kappa shape index (κ2) is 5.22. The van der Waals surface area contributed by atoms with Gasteiger partial charge in [0.1, 0.15) is 23.7 Å². The van der Waals surface area contributed by atoms with Crippen molar-refractivity contribution in [1.29, 1.82) is 0 Å². The molecule has 100 valence electrons. The summed E-state index contributed by atoms with van der Waals surface area (Å²) in [5.74, 6) is 1.21. The van der Waals surface area contributed by atoms with Gasteiger partial charge in [-0.2, -0.15) is 0 Å². The average molecular weight is 261 g/mol. The van der Waals surface area contributed by atoms with Crippen LogP contribution in [0.5, 0.6) is 11.6 Å². The van der Waals surface area contributed by atoms with E-state index in [1.165, 1.54) is 12.4 Å². The Morgan fingerprint density at radius 1 is 1.26 bits per heavy atom. The van der Waals surface area contributed by atoms with Crippen molar-refractivity contribution in [3.05, 3.63) is 41.5 Å². The molecule has 0 saturated heterocycles. The number of ether oxygens (including phenoxy) is 1. The van der Waals surface area contributed by atoms with Crippen molar-refractivity contribution in [3.63, 3.8) is 0 Å². The monoisotopic (exact) mass is 261 g/mol. The maximum atomic E-state index is 13.2. The number of aryl methyl sites for hydroxylation is 1. The van der Waals surface area contributed by atoms with E-state index in [0.29, 0.717) is 23.0 Å². The summed E-state index contributed by atoms with van der Waals surface area (Å²) in [6, 6.07) is 4.55. The van der Waals surface area contributed by atoms with Crippen molar-refractivity contribution in [1.82, 2.24) is 9.97 Å². The van der Waals surface area contributed by atoms with Gasteiger partial charge >= 0.3 is 0 Å². The van der Waals surface area contributed by atoms with Gasteiger partial charge in [-0.25, -0.2) is 14.4 Å². The Hall–Kier alpha value is -2.17. The molecule has 0 atom stereocenters. The lowest BCUT2D eigenvalue weighted by Crippen LogP contribution is -2.04. The van der Waals surface area contributed by atoms with E-state index in [-0.39, 0.29) is 11.7 Å². The van der Waals surface area contributed by atoms with E-state index in [1.54, 1.807) is 19.1 Å². The predicted octanol–water partition coefficient (Wildman–Crippen LogP) is 3.42. The molecule has 0 amide bonds. The lowest BCUT2D eigenvalue weighted by Gasteiger charge is -2.14. The van der Waals surface area contributed by atoms with E-state index in [0.717, 1.165) is 5.56 Å². The largest absolute Gasteiger partial charge is 0.439 e. The van der Waals surface area contributed by atoms with Crippen molar-refractivity contribution in [2.45, 2.75) is 26.7 Å². The molecule has 1 heterocycles. The SMILES string of the molecule is Cc1cc(Oc2ncnc(N)c2C(C)C)ccc1F. The number of rotatable bonds is 3. The third-order valence-electron chi connectivity index (χ3n) is 2.80. The molecule has 19 heavy (non-hydrogen) atoms. The molecule has 0 aliphatic heterocycles. The minimum atomic E-state index is -0.265. The highest BCUT2D eigenvalue weighted by Crippen LogP contribution is 2.31. The highest BCUT2D eigenvalue weighted by atomic mass is 19.1. The zero-order valence-electron chi connectivity index (χ0n) is 11.1. The lowest BCUT2D eigenvalue weighted by molar-refractivity contribution is 0.450. The third kappa shape index (κ3) is 2.81. The smallest absolute Gasteiger partial charge is 0.227 e. The normalized spacial score (nSPS) is 10.8. The standard InChI is InChI=1S/C14H16FN3O/c1-8(2)12-13(16)17-7-18-14(12)19-10-4-5-11(15)9(3)6-10/h4-8H,1-3H3,(H2,16,17,18). The topological polar surface area (TPSA) is 61.0 Å². The number of nitrogens with two attached hydrogens (primary N) is 1. The molecule has 2 N–H and O–H groups in total. The number of halogens is 1. The molecule has 4 nitrogen and oxygen atoms in total. The second-order valence-corrected chi connectivity index (χ2v) is 4.65. The van der Waals surface area contributed by atoms with Gasteiger partial charge in [-0.3, -0.25) is 0 Å². The zero-order chi connectivity index (χ0) is 14.0. The second-order valence-electron chi connectivity index (χ2n) is 4.65. The molecule has 0 aliphatic carbocycles. The number of aromatic nitrogens is 2. The van der Waals surface area contributed by atoms with Crippen LogP contribution in [0.3, 0.4) is 0 Å². The van der Waals surface area contributed by atoms with Crippen LogP contribution in [0.2, 0.25) is 0 Å². The maximum absolute atomic E-state index is 13.2. The van der Waals surface area contributed by atoms with Crippen LogP contribution in [0.15, 0.2) is 24.5 Å². The minimum Gasteiger partial charge on any atom is -0.439 e. The predicted molar refractivity (Wildman–Crippen MR) is 71.7 cm³/mol. The fourth-order valence-electron chi connectivity index (χ4n) is 1.81. The third-order valence-corrected chi connectivity index (χ3v) is 2.80. The number of hydrogen-bond acceptors (Lipinski definition) is 4. The summed E-state index contributed by atoms with van der Waals surface area (Å²) >= 11 is 0. The number of anilines is 1. The molecule has 2 aromatic rings.